The molecule has 5 aromatic rings. The van der Waals surface area contributed by atoms with Gasteiger partial charge in [-0.25, -0.2) is 13.8 Å². The summed E-state index contributed by atoms with van der Waals surface area (Å²) in [5.74, 6) is 3.50. The smallest absolute Gasteiger partial charge is 0.270 e. The Morgan fingerprint density at radius 2 is 1.94 bits per heavy atom. The van der Waals surface area contributed by atoms with Gasteiger partial charge in [-0.3, -0.25) is 4.40 Å². The van der Waals surface area contributed by atoms with E-state index in [1.165, 1.54) is 12.1 Å². The zero-order valence-electron chi connectivity index (χ0n) is 17.6. The second kappa shape index (κ2) is 7.61. The van der Waals surface area contributed by atoms with Gasteiger partial charge in [0.1, 0.15) is 11.3 Å². The molecule has 0 saturated carbocycles. The number of aromatic nitrogens is 3. The average Bonchev–Trinajstić information content (AvgIpc) is 3.37. The first-order valence-corrected chi connectivity index (χ1v) is 10.2. The maximum atomic E-state index is 13.7. The molecule has 0 aliphatic carbocycles. The van der Waals surface area contributed by atoms with Crippen LogP contribution in [0.3, 0.4) is 0 Å². The van der Waals surface area contributed by atoms with Gasteiger partial charge in [0, 0.05) is 30.5 Å². The van der Waals surface area contributed by atoms with Crippen molar-refractivity contribution in [3.05, 3.63) is 101 Å². The number of aryl methyl sites for hydroxylation is 1. The molecule has 0 N–H and O–H groups in total. The Morgan fingerprint density at radius 1 is 1.06 bits per heavy atom. The zero-order valence-corrected chi connectivity index (χ0v) is 17.6. The fourth-order valence-electron chi connectivity index (χ4n) is 3.74. The van der Waals surface area contributed by atoms with E-state index in [4.69, 9.17) is 4.52 Å². The molecule has 5 rings (SSSR count). The predicted octanol–water partition coefficient (Wildman–Crippen LogP) is 5.89. The molecule has 32 heavy (non-hydrogen) atoms. The summed E-state index contributed by atoms with van der Waals surface area (Å²) in [6, 6.07) is 16.1. The third kappa shape index (κ3) is 3.63. The highest BCUT2D eigenvalue weighted by molar-refractivity contribution is 5.86. The van der Waals surface area contributed by atoms with Gasteiger partial charge in [0.05, 0.1) is 17.5 Å². The highest BCUT2D eigenvalue weighted by Crippen LogP contribution is 2.30. The van der Waals surface area contributed by atoms with E-state index < -0.39 is 5.92 Å². The first-order chi connectivity index (χ1) is 15.4. The average molecular weight is 427 g/mol. The number of rotatable bonds is 3. The molecule has 0 amide bonds. The minimum Gasteiger partial charge on any atom is -0.355 e. The SMILES string of the molecule is Cc1ccc2c(Cc3cccc(C(C)(F)F)c3)noc2c1C#Cc1cnc2ccccn12. The second-order valence-electron chi connectivity index (χ2n) is 7.85. The van der Waals surface area contributed by atoms with Gasteiger partial charge in [0.15, 0.2) is 5.58 Å². The number of fused-ring (bicyclic) bond motifs is 2. The van der Waals surface area contributed by atoms with Crippen LogP contribution >= 0.6 is 0 Å². The van der Waals surface area contributed by atoms with Crippen molar-refractivity contribution in [1.29, 1.82) is 0 Å². The first kappa shape index (κ1) is 20.0. The summed E-state index contributed by atoms with van der Waals surface area (Å²) < 4.78 is 35.0. The molecule has 0 atom stereocenters. The molecule has 4 nitrogen and oxygen atoms in total. The molecule has 2 aromatic carbocycles. The molecular formula is C26H19F2N3O. The molecule has 0 fully saturated rings. The zero-order chi connectivity index (χ0) is 22.3. The summed E-state index contributed by atoms with van der Waals surface area (Å²) in [6.07, 6.45) is 4.04. The third-order valence-corrected chi connectivity index (χ3v) is 5.46. The monoisotopic (exact) mass is 427 g/mol. The minimum absolute atomic E-state index is 0.0155. The second-order valence-corrected chi connectivity index (χ2v) is 7.85. The van der Waals surface area contributed by atoms with Crippen molar-refractivity contribution < 1.29 is 13.3 Å². The lowest BCUT2D eigenvalue weighted by Gasteiger charge is -2.11. The van der Waals surface area contributed by atoms with Crippen molar-refractivity contribution >= 4 is 16.6 Å². The fraction of sp³-hybridized carbons (Fsp3) is 0.154. The highest BCUT2D eigenvalue weighted by Gasteiger charge is 2.24. The van der Waals surface area contributed by atoms with E-state index in [0.29, 0.717) is 17.7 Å². The Kier molecular flexibility index (Phi) is 4.75. The van der Waals surface area contributed by atoms with Crippen LogP contribution < -0.4 is 0 Å². The Balaban J connectivity index is 1.53. The van der Waals surface area contributed by atoms with E-state index in [1.54, 1.807) is 12.3 Å². The molecule has 0 radical (unpaired) electrons. The van der Waals surface area contributed by atoms with Gasteiger partial charge in [-0.1, -0.05) is 41.4 Å². The number of hydrogen-bond acceptors (Lipinski definition) is 3. The normalized spacial score (nSPS) is 11.6. The molecule has 0 bridgehead atoms. The Hall–Kier alpha value is -3.98. The standard InChI is InChI=1S/C26H19F2N3O/c1-17-9-11-22-23(15-18-6-5-7-19(14-18)26(2,27)28)30-32-25(22)21(17)12-10-20-16-29-24-8-3-4-13-31(20)24/h3-9,11,13-14,16H,15H2,1-2H3. The van der Waals surface area contributed by atoms with Gasteiger partial charge < -0.3 is 4.52 Å². The van der Waals surface area contributed by atoms with Crippen molar-refractivity contribution in [2.45, 2.75) is 26.2 Å². The van der Waals surface area contributed by atoms with E-state index in [-0.39, 0.29) is 5.56 Å². The third-order valence-electron chi connectivity index (χ3n) is 5.46. The Morgan fingerprint density at radius 3 is 2.78 bits per heavy atom. The largest absolute Gasteiger partial charge is 0.355 e. The summed E-state index contributed by atoms with van der Waals surface area (Å²) >= 11 is 0. The quantitative estimate of drug-likeness (QED) is 0.338. The molecule has 6 heteroatoms. The summed E-state index contributed by atoms with van der Waals surface area (Å²) in [5, 5.41) is 5.06. The summed E-state index contributed by atoms with van der Waals surface area (Å²) in [7, 11) is 0. The van der Waals surface area contributed by atoms with E-state index >= 15 is 0 Å². The van der Waals surface area contributed by atoms with Gasteiger partial charge in [0.25, 0.3) is 5.92 Å². The molecule has 0 aliphatic rings. The lowest BCUT2D eigenvalue weighted by Crippen LogP contribution is -2.07. The lowest BCUT2D eigenvalue weighted by atomic mass is 10.00. The van der Waals surface area contributed by atoms with Crippen LogP contribution in [0.1, 0.15) is 40.6 Å². The highest BCUT2D eigenvalue weighted by atomic mass is 19.3. The Labute approximate surface area is 183 Å². The molecule has 3 heterocycles. The summed E-state index contributed by atoms with van der Waals surface area (Å²) in [4.78, 5) is 4.36. The fourth-order valence-corrected chi connectivity index (χ4v) is 3.74. The molecule has 0 unspecified atom stereocenters. The van der Waals surface area contributed by atoms with E-state index in [2.05, 4.69) is 22.0 Å². The molecular weight excluding hydrogens is 408 g/mol. The van der Waals surface area contributed by atoms with Crippen LogP contribution in [0.2, 0.25) is 0 Å². The predicted molar refractivity (Wildman–Crippen MR) is 119 cm³/mol. The van der Waals surface area contributed by atoms with E-state index in [9.17, 15) is 8.78 Å². The van der Waals surface area contributed by atoms with Gasteiger partial charge in [0.2, 0.25) is 0 Å². The number of benzene rings is 2. The van der Waals surface area contributed by atoms with Crippen LogP contribution in [0.5, 0.6) is 0 Å². The van der Waals surface area contributed by atoms with Crippen LogP contribution in [0.25, 0.3) is 16.6 Å². The van der Waals surface area contributed by atoms with Crippen LogP contribution in [0, 0.1) is 18.8 Å². The summed E-state index contributed by atoms with van der Waals surface area (Å²) in [6.45, 7) is 2.86. The molecule has 158 valence electrons. The first-order valence-electron chi connectivity index (χ1n) is 10.2. The van der Waals surface area contributed by atoms with E-state index in [1.807, 2.05) is 53.9 Å². The van der Waals surface area contributed by atoms with Crippen molar-refractivity contribution in [2.24, 2.45) is 0 Å². The Bertz CT molecular complexity index is 1510. The van der Waals surface area contributed by atoms with Crippen LogP contribution in [-0.2, 0) is 12.3 Å². The maximum absolute atomic E-state index is 13.7. The van der Waals surface area contributed by atoms with Crippen molar-refractivity contribution in [1.82, 2.24) is 14.5 Å². The van der Waals surface area contributed by atoms with Crippen LogP contribution in [0.4, 0.5) is 8.78 Å². The molecule has 0 spiro atoms. The van der Waals surface area contributed by atoms with Crippen molar-refractivity contribution in [2.75, 3.05) is 0 Å². The number of imidazole rings is 1. The number of halogens is 2. The van der Waals surface area contributed by atoms with Crippen LogP contribution in [0.15, 0.2) is 71.5 Å². The van der Waals surface area contributed by atoms with E-state index in [0.717, 1.165) is 40.3 Å². The molecule has 0 aliphatic heterocycles. The number of nitrogens with zero attached hydrogens (tertiary/aromatic N) is 3. The maximum Gasteiger partial charge on any atom is 0.270 e. The topological polar surface area (TPSA) is 43.3 Å². The molecule has 0 saturated heterocycles. The van der Waals surface area contributed by atoms with Gasteiger partial charge in [-0.15, -0.1) is 0 Å². The van der Waals surface area contributed by atoms with Crippen LogP contribution in [-0.4, -0.2) is 14.5 Å². The lowest BCUT2D eigenvalue weighted by molar-refractivity contribution is 0.0174. The van der Waals surface area contributed by atoms with Gasteiger partial charge in [-0.2, -0.15) is 0 Å². The van der Waals surface area contributed by atoms with Crippen molar-refractivity contribution in [3.63, 3.8) is 0 Å². The van der Waals surface area contributed by atoms with Crippen molar-refractivity contribution in [3.8, 4) is 11.8 Å². The number of hydrogen-bond donors (Lipinski definition) is 0. The molecule has 3 aromatic heterocycles. The van der Waals surface area contributed by atoms with Gasteiger partial charge >= 0.3 is 0 Å². The minimum atomic E-state index is -2.89. The number of alkyl halides is 2. The summed E-state index contributed by atoms with van der Waals surface area (Å²) in [5.41, 5.74) is 5.34. The number of pyridine rings is 1. The van der Waals surface area contributed by atoms with Gasteiger partial charge in [-0.05, 0) is 48.2 Å².